The van der Waals surface area contributed by atoms with Crippen LogP contribution in [-0.4, -0.2) is 47.2 Å². The molecule has 116 valence electrons. The zero-order valence-corrected chi connectivity index (χ0v) is 12.7. The van der Waals surface area contributed by atoms with Crippen molar-refractivity contribution in [3.63, 3.8) is 0 Å². The second-order valence-corrected chi connectivity index (χ2v) is 4.18. The average molecular weight is 293 g/mol. The van der Waals surface area contributed by atoms with Gasteiger partial charge < -0.3 is 24.7 Å². The minimum Gasteiger partial charge on any atom is -0.497 e. The van der Waals surface area contributed by atoms with Gasteiger partial charge in [-0.2, -0.15) is 0 Å². The number of nitrogens with two attached hydrogens (primary N) is 1. The zero-order valence-electron chi connectivity index (χ0n) is 12.7. The van der Waals surface area contributed by atoms with Crippen molar-refractivity contribution in [2.75, 3.05) is 47.2 Å². The Morgan fingerprint density at radius 3 is 2.67 bits per heavy atom. The first-order valence-corrected chi connectivity index (χ1v) is 6.88. The van der Waals surface area contributed by atoms with Crippen LogP contribution in [0.3, 0.4) is 0 Å². The molecule has 1 rings (SSSR count). The third kappa shape index (κ3) is 7.00. The predicted octanol–water partition coefficient (Wildman–Crippen LogP) is 1.44. The molecule has 0 spiro atoms. The lowest BCUT2D eigenvalue weighted by molar-refractivity contribution is 0.0806. The molecular formula is C16H23NO4. The van der Waals surface area contributed by atoms with Crippen molar-refractivity contribution < 1.29 is 18.9 Å². The summed E-state index contributed by atoms with van der Waals surface area (Å²) in [5, 5.41) is 0. The minimum absolute atomic E-state index is 0.305. The Balaban J connectivity index is 2.46. The van der Waals surface area contributed by atoms with E-state index in [-0.39, 0.29) is 0 Å². The number of benzene rings is 1. The Labute approximate surface area is 126 Å². The summed E-state index contributed by atoms with van der Waals surface area (Å²) in [5.74, 6) is 7.24. The molecule has 5 nitrogen and oxygen atoms in total. The summed E-state index contributed by atoms with van der Waals surface area (Å²) >= 11 is 0. The molecule has 0 atom stereocenters. The summed E-state index contributed by atoms with van der Waals surface area (Å²) in [6.07, 6.45) is 0.881. The van der Waals surface area contributed by atoms with E-state index in [1.807, 2.05) is 18.2 Å². The molecule has 0 aliphatic carbocycles. The molecule has 5 heteroatoms. The minimum atomic E-state index is 0.305. The smallest absolute Gasteiger partial charge is 0.135 e. The fourth-order valence-electron chi connectivity index (χ4n) is 1.62. The lowest BCUT2D eigenvalue weighted by atomic mass is 10.2. The third-order valence-corrected chi connectivity index (χ3v) is 2.63. The summed E-state index contributed by atoms with van der Waals surface area (Å²) in [6, 6.07) is 5.50. The zero-order chi connectivity index (χ0) is 15.3. The molecule has 1 aromatic carbocycles. The number of hydrogen-bond acceptors (Lipinski definition) is 5. The van der Waals surface area contributed by atoms with Crippen LogP contribution in [0.15, 0.2) is 18.2 Å². The molecule has 0 saturated heterocycles. The van der Waals surface area contributed by atoms with E-state index >= 15 is 0 Å². The van der Waals surface area contributed by atoms with Crippen LogP contribution in [0, 0.1) is 11.8 Å². The number of rotatable bonds is 9. The van der Waals surface area contributed by atoms with Crippen LogP contribution in [0.5, 0.6) is 11.5 Å². The topological polar surface area (TPSA) is 62.9 Å². The monoisotopic (exact) mass is 293 g/mol. The van der Waals surface area contributed by atoms with Crippen molar-refractivity contribution in [1.82, 2.24) is 0 Å². The number of methoxy groups -OCH3 is 2. The summed E-state index contributed by atoms with van der Waals surface area (Å²) in [4.78, 5) is 0. The largest absolute Gasteiger partial charge is 0.497 e. The van der Waals surface area contributed by atoms with Gasteiger partial charge in [0.1, 0.15) is 18.1 Å². The Morgan fingerprint density at radius 1 is 1.10 bits per heavy atom. The van der Waals surface area contributed by atoms with Gasteiger partial charge in [-0.3, -0.25) is 0 Å². The highest BCUT2D eigenvalue weighted by atomic mass is 16.5. The van der Waals surface area contributed by atoms with E-state index in [4.69, 9.17) is 24.7 Å². The second-order valence-electron chi connectivity index (χ2n) is 4.18. The fourth-order valence-corrected chi connectivity index (χ4v) is 1.62. The normalized spacial score (nSPS) is 9.86. The first-order valence-electron chi connectivity index (χ1n) is 6.88. The highest BCUT2D eigenvalue weighted by Gasteiger charge is 2.03. The SMILES string of the molecule is COCCCOCCOc1ccc(OC)cc1C#CCN. The van der Waals surface area contributed by atoms with Crippen molar-refractivity contribution in [2.45, 2.75) is 6.42 Å². The average Bonchev–Trinajstić information content (AvgIpc) is 2.52. The molecule has 0 fully saturated rings. The van der Waals surface area contributed by atoms with Gasteiger partial charge in [0.2, 0.25) is 0 Å². The van der Waals surface area contributed by atoms with Gasteiger partial charge in [0.05, 0.1) is 25.8 Å². The molecule has 0 radical (unpaired) electrons. The van der Waals surface area contributed by atoms with E-state index in [1.54, 1.807) is 14.2 Å². The Hall–Kier alpha value is -1.74. The first kappa shape index (κ1) is 17.3. The van der Waals surface area contributed by atoms with Crippen LogP contribution in [0.4, 0.5) is 0 Å². The maximum absolute atomic E-state index is 5.69. The summed E-state index contributed by atoms with van der Waals surface area (Å²) in [6.45, 7) is 2.67. The first-order chi connectivity index (χ1) is 10.3. The van der Waals surface area contributed by atoms with Gasteiger partial charge in [-0.1, -0.05) is 11.8 Å². The molecule has 0 heterocycles. The quantitative estimate of drug-likeness (QED) is 0.551. The summed E-state index contributed by atoms with van der Waals surface area (Å²) in [5.41, 5.74) is 6.16. The van der Waals surface area contributed by atoms with Gasteiger partial charge in [0.25, 0.3) is 0 Å². The van der Waals surface area contributed by atoms with Crippen LogP contribution >= 0.6 is 0 Å². The standard InChI is InChI=1S/C16H23NO4/c1-18-9-4-10-20-11-12-21-16-7-6-15(19-2)13-14(16)5-3-8-17/h6-7,13H,4,8-12,17H2,1-2H3. The Bertz CT molecular complexity index is 465. The summed E-state index contributed by atoms with van der Waals surface area (Å²) in [7, 11) is 3.29. The van der Waals surface area contributed by atoms with Gasteiger partial charge in [0.15, 0.2) is 0 Å². The van der Waals surface area contributed by atoms with Crippen LogP contribution in [-0.2, 0) is 9.47 Å². The number of hydrogen-bond donors (Lipinski definition) is 1. The third-order valence-electron chi connectivity index (χ3n) is 2.63. The van der Waals surface area contributed by atoms with E-state index < -0.39 is 0 Å². The molecule has 0 saturated carbocycles. The molecule has 0 aliphatic rings. The van der Waals surface area contributed by atoms with Crippen LogP contribution in [0.2, 0.25) is 0 Å². The molecular weight excluding hydrogens is 270 g/mol. The molecule has 0 aromatic heterocycles. The van der Waals surface area contributed by atoms with Crippen LogP contribution in [0.25, 0.3) is 0 Å². The van der Waals surface area contributed by atoms with Gasteiger partial charge >= 0.3 is 0 Å². The molecule has 0 bridgehead atoms. The highest BCUT2D eigenvalue weighted by molar-refractivity contribution is 5.50. The van der Waals surface area contributed by atoms with Crippen molar-refractivity contribution >= 4 is 0 Å². The molecule has 0 aliphatic heterocycles. The highest BCUT2D eigenvalue weighted by Crippen LogP contribution is 2.23. The van der Waals surface area contributed by atoms with Gasteiger partial charge in [-0.05, 0) is 24.6 Å². The summed E-state index contributed by atoms with van der Waals surface area (Å²) < 4.78 is 21.2. The maximum atomic E-state index is 5.69. The Kier molecular flexibility index (Phi) is 9.05. The van der Waals surface area contributed by atoms with E-state index in [1.165, 1.54) is 0 Å². The van der Waals surface area contributed by atoms with Crippen molar-refractivity contribution in [3.8, 4) is 23.3 Å². The second kappa shape index (κ2) is 11.0. The molecule has 0 amide bonds. The van der Waals surface area contributed by atoms with E-state index in [0.29, 0.717) is 38.7 Å². The lowest BCUT2D eigenvalue weighted by Gasteiger charge is -2.10. The molecule has 21 heavy (non-hydrogen) atoms. The van der Waals surface area contributed by atoms with Gasteiger partial charge in [0, 0.05) is 20.3 Å². The molecule has 1 aromatic rings. The fraction of sp³-hybridized carbons (Fsp3) is 0.500. The molecule has 2 N–H and O–H groups in total. The number of ether oxygens (including phenoxy) is 4. The predicted molar refractivity (Wildman–Crippen MR) is 81.7 cm³/mol. The Morgan fingerprint density at radius 2 is 1.95 bits per heavy atom. The van der Waals surface area contributed by atoms with Crippen molar-refractivity contribution in [3.05, 3.63) is 23.8 Å². The van der Waals surface area contributed by atoms with E-state index in [0.717, 1.165) is 17.7 Å². The van der Waals surface area contributed by atoms with Crippen molar-refractivity contribution in [1.29, 1.82) is 0 Å². The van der Waals surface area contributed by atoms with E-state index in [2.05, 4.69) is 11.8 Å². The van der Waals surface area contributed by atoms with Gasteiger partial charge in [-0.25, -0.2) is 0 Å². The van der Waals surface area contributed by atoms with Crippen LogP contribution in [0.1, 0.15) is 12.0 Å². The van der Waals surface area contributed by atoms with Crippen LogP contribution < -0.4 is 15.2 Å². The molecule has 0 unspecified atom stereocenters. The van der Waals surface area contributed by atoms with Crippen molar-refractivity contribution in [2.24, 2.45) is 5.73 Å². The van der Waals surface area contributed by atoms with E-state index in [9.17, 15) is 0 Å². The maximum Gasteiger partial charge on any atom is 0.135 e. The lowest BCUT2D eigenvalue weighted by Crippen LogP contribution is -2.09. The van der Waals surface area contributed by atoms with Gasteiger partial charge in [-0.15, -0.1) is 0 Å².